The van der Waals surface area contributed by atoms with Gasteiger partial charge in [-0.3, -0.25) is 0 Å². The summed E-state index contributed by atoms with van der Waals surface area (Å²) < 4.78 is 0. The van der Waals surface area contributed by atoms with Crippen LogP contribution in [0.15, 0.2) is 0 Å². The molecule has 5 heteroatoms. The van der Waals surface area contributed by atoms with Crippen molar-refractivity contribution in [3.63, 3.8) is 0 Å². The first-order chi connectivity index (χ1) is 6.79. The number of rotatable bonds is 4. The molecule has 1 aliphatic rings. The van der Waals surface area contributed by atoms with Crippen molar-refractivity contribution in [3.05, 3.63) is 0 Å². The van der Waals surface area contributed by atoms with E-state index in [9.17, 15) is 4.79 Å². The molecule has 2 amide bonds. The fraction of sp³-hybridized carbons (Fsp3) is 0.889. The molecule has 0 aromatic rings. The van der Waals surface area contributed by atoms with Crippen molar-refractivity contribution >= 4 is 6.03 Å². The highest BCUT2D eigenvalue weighted by Crippen LogP contribution is 2.10. The quantitative estimate of drug-likeness (QED) is 0.645. The van der Waals surface area contributed by atoms with Gasteiger partial charge in [0.1, 0.15) is 0 Å². The van der Waals surface area contributed by atoms with Crippen molar-refractivity contribution in [2.45, 2.75) is 12.8 Å². The lowest BCUT2D eigenvalue weighted by atomic mass is 10.4. The SMILES string of the molecule is O=C(N(CCO)CCO)N1CCCC1. The molecule has 0 aromatic carbocycles. The van der Waals surface area contributed by atoms with Gasteiger partial charge in [0.2, 0.25) is 0 Å². The normalized spacial score (nSPS) is 16.0. The van der Waals surface area contributed by atoms with Crippen molar-refractivity contribution in [1.82, 2.24) is 9.80 Å². The molecule has 0 bridgehead atoms. The zero-order valence-corrected chi connectivity index (χ0v) is 8.35. The third kappa shape index (κ3) is 2.85. The number of aliphatic hydroxyl groups is 2. The topological polar surface area (TPSA) is 64.0 Å². The Balaban J connectivity index is 2.43. The highest BCUT2D eigenvalue weighted by Gasteiger charge is 2.22. The van der Waals surface area contributed by atoms with Gasteiger partial charge in [-0.25, -0.2) is 4.79 Å². The van der Waals surface area contributed by atoms with Crippen LogP contribution in [0.2, 0.25) is 0 Å². The molecule has 2 N–H and O–H groups in total. The van der Waals surface area contributed by atoms with Crippen LogP contribution in [-0.2, 0) is 0 Å². The molecule has 1 fully saturated rings. The number of hydrogen-bond donors (Lipinski definition) is 2. The number of likely N-dealkylation sites (tertiary alicyclic amines) is 1. The fourth-order valence-corrected chi connectivity index (χ4v) is 1.65. The van der Waals surface area contributed by atoms with Gasteiger partial charge in [-0.1, -0.05) is 0 Å². The second-order valence-electron chi connectivity index (χ2n) is 3.41. The molecule has 1 saturated heterocycles. The summed E-state index contributed by atoms with van der Waals surface area (Å²) in [7, 11) is 0. The second-order valence-corrected chi connectivity index (χ2v) is 3.41. The van der Waals surface area contributed by atoms with E-state index >= 15 is 0 Å². The molecule has 0 aliphatic carbocycles. The fourth-order valence-electron chi connectivity index (χ4n) is 1.65. The molecule has 5 nitrogen and oxygen atoms in total. The van der Waals surface area contributed by atoms with Crippen molar-refractivity contribution in [1.29, 1.82) is 0 Å². The number of carbonyl (C=O) groups is 1. The molecule has 0 radical (unpaired) electrons. The molecule has 0 unspecified atom stereocenters. The molecule has 1 aliphatic heterocycles. The van der Waals surface area contributed by atoms with Crippen LogP contribution in [0.1, 0.15) is 12.8 Å². The Labute approximate surface area is 83.9 Å². The Bertz CT molecular complexity index is 175. The third-order valence-electron chi connectivity index (χ3n) is 2.39. The van der Waals surface area contributed by atoms with Gasteiger partial charge in [-0.15, -0.1) is 0 Å². The highest BCUT2D eigenvalue weighted by atomic mass is 16.3. The summed E-state index contributed by atoms with van der Waals surface area (Å²) in [5.41, 5.74) is 0. The predicted octanol–water partition coefficient (Wildman–Crippen LogP) is -0.511. The van der Waals surface area contributed by atoms with Gasteiger partial charge >= 0.3 is 6.03 Å². The molecular formula is C9H18N2O3. The lowest BCUT2D eigenvalue weighted by Gasteiger charge is -2.26. The molecule has 1 heterocycles. The Kier molecular flexibility index (Phi) is 4.69. The smallest absolute Gasteiger partial charge is 0.320 e. The molecule has 82 valence electrons. The molecular weight excluding hydrogens is 184 g/mol. The van der Waals surface area contributed by atoms with Crippen molar-refractivity contribution in [3.8, 4) is 0 Å². The third-order valence-corrected chi connectivity index (χ3v) is 2.39. The Morgan fingerprint density at radius 1 is 1.14 bits per heavy atom. The average molecular weight is 202 g/mol. The largest absolute Gasteiger partial charge is 0.395 e. The minimum absolute atomic E-state index is 0.0560. The predicted molar refractivity (Wildman–Crippen MR) is 51.9 cm³/mol. The summed E-state index contributed by atoms with van der Waals surface area (Å²) in [6.07, 6.45) is 2.11. The number of aliphatic hydroxyl groups excluding tert-OH is 2. The van der Waals surface area contributed by atoms with E-state index in [1.807, 2.05) is 0 Å². The van der Waals surface area contributed by atoms with Gasteiger partial charge in [0.25, 0.3) is 0 Å². The molecule has 0 aromatic heterocycles. The van der Waals surface area contributed by atoms with Crippen LogP contribution < -0.4 is 0 Å². The summed E-state index contributed by atoms with van der Waals surface area (Å²) in [5.74, 6) is 0. The van der Waals surface area contributed by atoms with Gasteiger partial charge in [-0.05, 0) is 12.8 Å². The first-order valence-corrected chi connectivity index (χ1v) is 5.05. The Morgan fingerprint density at radius 2 is 1.64 bits per heavy atom. The number of carbonyl (C=O) groups excluding carboxylic acids is 1. The summed E-state index contributed by atoms with van der Waals surface area (Å²) in [4.78, 5) is 15.0. The van der Waals surface area contributed by atoms with Gasteiger partial charge in [0.15, 0.2) is 0 Å². The molecule has 1 rings (SSSR count). The molecule has 14 heavy (non-hydrogen) atoms. The second kappa shape index (κ2) is 5.82. The average Bonchev–Trinajstić information content (AvgIpc) is 2.69. The maximum absolute atomic E-state index is 11.8. The first-order valence-electron chi connectivity index (χ1n) is 5.05. The number of urea groups is 1. The van der Waals surface area contributed by atoms with E-state index in [0.29, 0.717) is 13.1 Å². The minimum atomic E-state index is -0.0643. The van der Waals surface area contributed by atoms with E-state index in [1.54, 1.807) is 4.90 Å². The van der Waals surface area contributed by atoms with E-state index in [4.69, 9.17) is 10.2 Å². The van der Waals surface area contributed by atoms with Crippen LogP contribution in [0, 0.1) is 0 Å². The standard InChI is InChI=1S/C9H18N2O3/c12-7-5-11(6-8-13)9(14)10-3-1-2-4-10/h12-13H,1-8H2. The zero-order valence-electron chi connectivity index (χ0n) is 8.35. The van der Waals surface area contributed by atoms with Crippen LogP contribution in [0.5, 0.6) is 0 Å². The molecule has 0 atom stereocenters. The summed E-state index contributed by atoms with van der Waals surface area (Å²) in [6.45, 7) is 2.09. The van der Waals surface area contributed by atoms with E-state index in [0.717, 1.165) is 25.9 Å². The molecule has 0 spiro atoms. The van der Waals surface area contributed by atoms with E-state index in [-0.39, 0.29) is 19.2 Å². The summed E-state index contributed by atoms with van der Waals surface area (Å²) >= 11 is 0. The van der Waals surface area contributed by atoms with Crippen molar-refractivity contribution in [2.75, 3.05) is 39.4 Å². The zero-order chi connectivity index (χ0) is 10.4. The van der Waals surface area contributed by atoms with Crippen LogP contribution >= 0.6 is 0 Å². The Hall–Kier alpha value is -0.810. The summed E-state index contributed by atoms with van der Waals surface area (Å²) in [5, 5.41) is 17.5. The monoisotopic (exact) mass is 202 g/mol. The number of hydrogen-bond acceptors (Lipinski definition) is 3. The maximum Gasteiger partial charge on any atom is 0.320 e. The lowest BCUT2D eigenvalue weighted by Crippen LogP contribution is -2.44. The van der Waals surface area contributed by atoms with Gasteiger partial charge in [0, 0.05) is 26.2 Å². The van der Waals surface area contributed by atoms with Crippen molar-refractivity contribution < 1.29 is 15.0 Å². The highest BCUT2D eigenvalue weighted by molar-refractivity contribution is 5.74. The van der Waals surface area contributed by atoms with Crippen LogP contribution in [0.4, 0.5) is 4.79 Å². The lowest BCUT2D eigenvalue weighted by molar-refractivity contribution is 0.133. The van der Waals surface area contributed by atoms with Crippen molar-refractivity contribution in [2.24, 2.45) is 0 Å². The number of nitrogens with zero attached hydrogens (tertiary/aromatic N) is 2. The van der Waals surface area contributed by atoms with Gasteiger partial charge < -0.3 is 20.0 Å². The van der Waals surface area contributed by atoms with E-state index in [2.05, 4.69) is 0 Å². The Morgan fingerprint density at radius 3 is 2.07 bits per heavy atom. The van der Waals surface area contributed by atoms with Gasteiger partial charge in [-0.2, -0.15) is 0 Å². The van der Waals surface area contributed by atoms with Crippen LogP contribution in [0.3, 0.4) is 0 Å². The van der Waals surface area contributed by atoms with Gasteiger partial charge in [0.05, 0.1) is 13.2 Å². The van der Waals surface area contributed by atoms with Crippen LogP contribution in [0.25, 0.3) is 0 Å². The minimum Gasteiger partial charge on any atom is -0.395 e. The van der Waals surface area contributed by atoms with E-state index < -0.39 is 0 Å². The summed E-state index contributed by atoms with van der Waals surface area (Å²) in [6, 6.07) is -0.0643. The first kappa shape index (κ1) is 11.3. The van der Waals surface area contributed by atoms with Crippen LogP contribution in [-0.4, -0.2) is 65.4 Å². The number of amides is 2. The molecule has 0 saturated carbocycles. The maximum atomic E-state index is 11.8. The van der Waals surface area contributed by atoms with E-state index in [1.165, 1.54) is 4.90 Å².